The highest BCUT2D eigenvalue weighted by Crippen LogP contribution is 2.25. The van der Waals surface area contributed by atoms with E-state index in [0.717, 1.165) is 37.9 Å². The molecular weight excluding hydrogens is 296 g/mol. The van der Waals surface area contributed by atoms with Gasteiger partial charge in [0.25, 0.3) is 0 Å². The largest absolute Gasteiger partial charge is 0.399 e. The van der Waals surface area contributed by atoms with Gasteiger partial charge in [-0.15, -0.1) is 0 Å². The van der Waals surface area contributed by atoms with Gasteiger partial charge >= 0.3 is 0 Å². The standard InChI is InChI=1S/C21H32N2O/c1-5-9-17(7-3)15-18-11-13-23(14-12-18)16-21(24)19(10-6-2)20(22)8-4/h5-10,18,21,24H,1-3,11-16,22H2,4H3/b17-9+,19-10+,20-8+. The molecule has 3 N–H and O–H groups in total. The van der Waals surface area contributed by atoms with Gasteiger partial charge in [-0.25, -0.2) is 0 Å². The van der Waals surface area contributed by atoms with Crippen LogP contribution in [0, 0.1) is 5.92 Å². The number of piperidine rings is 1. The second-order valence-electron chi connectivity index (χ2n) is 6.25. The number of nitrogens with two attached hydrogens (primary N) is 1. The highest BCUT2D eigenvalue weighted by Gasteiger charge is 2.23. The van der Waals surface area contributed by atoms with E-state index in [4.69, 9.17) is 5.73 Å². The summed E-state index contributed by atoms with van der Waals surface area (Å²) >= 11 is 0. The summed E-state index contributed by atoms with van der Waals surface area (Å²) in [7, 11) is 0. The number of hydrogen-bond donors (Lipinski definition) is 2. The van der Waals surface area contributed by atoms with Gasteiger partial charge in [-0.05, 0) is 50.8 Å². The topological polar surface area (TPSA) is 49.5 Å². The molecule has 0 bridgehead atoms. The number of likely N-dealkylation sites (tertiary alicyclic amines) is 1. The molecule has 0 aromatic rings. The normalized spacial score (nSPS) is 19.8. The molecule has 1 atom stereocenters. The average Bonchev–Trinajstić information content (AvgIpc) is 2.60. The summed E-state index contributed by atoms with van der Waals surface area (Å²) in [5.41, 5.74) is 8.58. The third-order valence-electron chi connectivity index (χ3n) is 4.56. The van der Waals surface area contributed by atoms with Gasteiger partial charge < -0.3 is 15.7 Å². The molecule has 0 saturated carbocycles. The second-order valence-corrected chi connectivity index (χ2v) is 6.25. The van der Waals surface area contributed by atoms with Crippen molar-refractivity contribution in [2.75, 3.05) is 19.6 Å². The first kappa shape index (κ1) is 20.2. The maximum absolute atomic E-state index is 10.5. The zero-order valence-corrected chi connectivity index (χ0v) is 15.0. The zero-order valence-electron chi connectivity index (χ0n) is 15.0. The number of aliphatic hydroxyl groups excluding tert-OH is 1. The molecular formula is C21H32N2O. The SMILES string of the molecule is C=C/C=C(\C=C)CC1CCN(CC(O)C(=C/C=C)/C(N)=C\C)CC1. The minimum Gasteiger partial charge on any atom is -0.399 e. The van der Waals surface area contributed by atoms with Crippen LogP contribution in [0.15, 0.2) is 73.0 Å². The minimum absolute atomic E-state index is 0.583. The van der Waals surface area contributed by atoms with Crippen molar-refractivity contribution in [2.24, 2.45) is 11.7 Å². The third-order valence-corrected chi connectivity index (χ3v) is 4.56. The molecule has 1 saturated heterocycles. The van der Waals surface area contributed by atoms with Crippen molar-refractivity contribution in [2.45, 2.75) is 32.3 Å². The Balaban J connectivity index is 2.55. The summed E-state index contributed by atoms with van der Waals surface area (Å²) in [5, 5.41) is 10.5. The maximum atomic E-state index is 10.5. The van der Waals surface area contributed by atoms with Crippen LogP contribution < -0.4 is 5.73 Å². The van der Waals surface area contributed by atoms with Crippen LogP contribution in [-0.4, -0.2) is 35.7 Å². The van der Waals surface area contributed by atoms with E-state index in [1.54, 1.807) is 12.2 Å². The first-order valence-corrected chi connectivity index (χ1v) is 8.64. The Morgan fingerprint density at radius 1 is 1.21 bits per heavy atom. The first-order chi connectivity index (χ1) is 11.5. The number of rotatable bonds is 9. The molecule has 0 spiro atoms. The van der Waals surface area contributed by atoms with E-state index < -0.39 is 6.10 Å². The fourth-order valence-corrected chi connectivity index (χ4v) is 3.11. The van der Waals surface area contributed by atoms with Crippen molar-refractivity contribution in [1.82, 2.24) is 4.90 Å². The van der Waals surface area contributed by atoms with Gasteiger partial charge in [0, 0.05) is 17.8 Å². The van der Waals surface area contributed by atoms with Crippen molar-refractivity contribution in [3.05, 3.63) is 73.0 Å². The van der Waals surface area contributed by atoms with Gasteiger partial charge in [0.1, 0.15) is 0 Å². The van der Waals surface area contributed by atoms with Crippen molar-refractivity contribution in [3.8, 4) is 0 Å². The number of allylic oxidation sites excluding steroid dienone is 7. The summed E-state index contributed by atoms with van der Waals surface area (Å²) in [5.74, 6) is 0.673. The van der Waals surface area contributed by atoms with Gasteiger partial charge in [-0.1, -0.05) is 56.2 Å². The summed E-state index contributed by atoms with van der Waals surface area (Å²) in [6, 6.07) is 0. The molecule has 3 nitrogen and oxygen atoms in total. The Morgan fingerprint density at radius 3 is 2.33 bits per heavy atom. The number of β-amino-alcohol motifs (C(OH)–C–C–N with tert-alkyl or cyclic N) is 1. The lowest BCUT2D eigenvalue weighted by molar-refractivity contribution is 0.110. The van der Waals surface area contributed by atoms with E-state index in [1.165, 1.54) is 5.57 Å². The maximum Gasteiger partial charge on any atom is 0.0936 e. The minimum atomic E-state index is -0.583. The molecule has 1 heterocycles. The molecule has 0 aliphatic carbocycles. The Labute approximate surface area is 147 Å². The Hall–Kier alpha value is -1.84. The van der Waals surface area contributed by atoms with Crippen LogP contribution in [0.5, 0.6) is 0 Å². The summed E-state index contributed by atoms with van der Waals surface area (Å²) in [4.78, 5) is 2.31. The predicted octanol–water partition coefficient (Wildman–Crippen LogP) is 3.72. The molecule has 1 rings (SSSR count). The molecule has 1 aliphatic heterocycles. The van der Waals surface area contributed by atoms with E-state index in [2.05, 4.69) is 24.6 Å². The van der Waals surface area contributed by atoms with Gasteiger partial charge in [-0.2, -0.15) is 0 Å². The van der Waals surface area contributed by atoms with E-state index >= 15 is 0 Å². The molecule has 1 fully saturated rings. The van der Waals surface area contributed by atoms with Gasteiger partial charge in [-0.3, -0.25) is 0 Å². The molecule has 3 heteroatoms. The summed E-state index contributed by atoms with van der Waals surface area (Å²) in [6.45, 7) is 15.8. The van der Waals surface area contributed by atoms with E-state index in [0.29, 0.717) is 18.2 Å². The van der Waals surface area contributed by atoms with Gasteiger partial charge in [0.2, 0.25) is 0 Å². The predicted molar refractivity (Wildman–Crippen MR) is 104 cm³/mol. The average molecular weight is 329 g/mol. The summed E-state index contributed by atoms with van der Waals surface area (Å²) in [6.07, 6.45) is 13.8. The third kappa shape index (κ3) is 6.34. The van der Waals surface area contributed by atoms with Crippen molar-refractivity contribution in [3.63, 3.8) is 0 Å². The Morgan fingerprint density at radius 2 is 1.83 bits per heavy atom. The fourth-order valence-electron chi connectivity index (χ4n) is 3.11. The van der Waals surface area contributed by atoms with Crippen LogP contribution in [0.2, 0.25) is 0 Å². The summed E-state index contributed by atoms with van der Waals surface area (Å²) < 4.78 is 0. The highest BCUT2D eigenvalue weighted by molar-refractivity contribution is 5.34. The number of hydrogen-bond acceptors (Lipinski definition) is 3. The van der Waals surface area contributed by atoms with E-state index in [9.17, 15) is 5.11 Å². The quantitative estimate of drug-likeness (QED) is 0.634. The lowest BCUT2D eigenvalue weighted by Gasteiger charge is -2.33. The Bertz CT molecular complexity index is 520. The van der Waals surface area contributed by atoms with Crippen molar-refractivity contribution >= 4 is 0 Å². The van der Waals surface area contributed by atoms with Crippen LogP contribution in [0.3, 0.4) is 0 Å². The second kappa shape index (κ2) is 10.8. The molecule has 0 amide bonds. The molecule has 24 heavy (non-hydrogen) atoms. The van der Waals surface area contributed by atoms with Crippen molar-refractivity contribution < 1.29 is 5.11 Å². The lowest BCUT2D eigenvalue weighted by atomic mass is 9.89. The monoisotopic (exact) mass is 328 g/mol. The van der Waals surface area contributed by atoms with Gasteiger partial charge in [0.15, 0.2) is 0 Å². The van der Waals surface area contributed by atoms with Crippen LogP contribution in [0.4, 0.5) is 0 Å². The molecule has 0 radical (unpaired) electrons. The molecule has 132 valence electrons. The lowest BCUT2D eigenvalue weighted by Crippen LogP contribution is -2.40. The van der Waals surface area contributed by atoms with Gasteiger partial charge in [0.05, 0.1) is 6.10 Å². The van der Waals surface area contributed by atoms with Crippen LogP contribution in [0.25, 0.3) is 0 Å². The first-order valence-electron chi connectivity index (χ1n) is 8.64. The smallest absolute Gasteiger partial charge is 0.0936 e. The molecule has 0 aromatic heterocycles. The van der Waals surface area contributed by atoms with Crippen LogP contribution >= 0.6 is 0 Å². The van der Waals surface area contributed by atoms with Crippen LogP contribution in [0.1, 0.15) is 26.2 Å². The van der Waals surface area contributed by atoms with E-state index in [-0.39, 0.29) is 0 Å². The highest BCUT2D eigenvalue weighted by atomic mass is 16.3. The molecule has 1 unspecified atom stereocenters. The number of nitrogens with zero attached hydrogens (tertiary/aromatic N) is 1. The zero-order chi connectivity index (χ0) is 17.9. The Kier molecular flexibility index (Phi) is 9.13. The fraction of sp³-hybridized carbons (Fsp3) is 0.429. The molecule has 1 aliphatic rings. The van der Waals surface area contributed by atoms with Crippen molar-refractivity contribution in [1.29, 1.82) is 0 Å². The molecule has 0 aromatic carbocycles. The van der Waals surface area contributed by atoms with E-state index in [1.807, 2.05) is 31.2 Å². The van der Waals surface area contributed by atoms with Crippen LogP contribution in [-0.2, 0) is 0 Å². The number of aliphatic hydroxyl groups is 1.